The molecule has 3 nitrogen and oxygen atoms in total. The third-order valence-electron chi connectivity index (χ3n) is 2.11. The van der Waals surface area contributed by atoms with Crippen LogP contribution in [0.2, 0.25) is 0 Å². The summed E-state index contributed by atoms with van der Waals surface area (Å²) in [7, 11) is 0. The zero-order chi connectivity index (χ0) is 7.56. The smallest absolute Gasteiger partial charge is 0.218 e. The quantitative estimate of drug-likeness (QED) is 0.564. The van der Waals surface area contributed by atoms with Crippen LogP contribution < -0.4 is 11.1 Å². The molecule has 0 aromatic heterocycles. The van der Waals surface area contributed by atoms with Crippen molar-refractivity contribution in [3.05, 3.63) is 0 Å². The first-order valence-electron chi connectivity index (χ1n) is 3.72. The second kappa shape index (κ2) is 3.01. The van der Waals surface area contributed by atoms with Crippen LogP contribution in [0.5, 0.6) is 0 Å². The predicted octanol–water partition coefficient (Wildman–Crippen LogP) is -0.140. The van der Waals surface area contributed by atoms with E-state index in [9.17, 15) is 4.79 Å². The first-order chi connectivity index (χ1) is 4.70. The van der Waals surface area contributed by atoms with E-state index in [2.05, 4.69) is 12.2 Å². The van der Waals surface area contributed by atoms with Crippen LogP contribution in [-0.2, 0) is 4.79 Å². The summed E-state index contributed by atoms with van der Waals surface area (Å²) in [6.45, 7) is 3.17. The molecule has 0 radical (unpaired) electrons. The molecule has 1 aliphatic rings. The molecule has 1 aliphatic heterocycles. The Labute approximate surface area is 61.0 Å². The Morgan fingerprint density at radius 1 is 1.80 bits per heavy atom. The Morgan fingerprint density at radius 2 is 2.50 bits per heavy atom. The Hall–Kier alpha value is -0.570. The van der Waals surface area contributed by atoms with Gasteiger partial charge in [0.2, 0.25) is 5.91 Å². The van der Waals surface area contributed by atoms with Crippen LogP contribution in [0.1, 0.15) is 19.8 Å². The van der Waals surface area contributed by atoms with Crippen LogP contribution in [-0.4, -0.2) is 18.5 Å². The molecule has 2 atom stereocenters. The van der Waals surface area contributed by atoms with Crippen molar-refractivity contribution in [2.45, 2.75) is 25.8 Å². The number of hydrogen-bond acceptors (Lipinski definition) is 2. The lowest BCUT2D eigenvalue weighted by Gasteiger charge is -2.12. The van der Waals surface area contributed by atoms with E-state index in [4.69, 9.17) is 5.73 Å². The van der Waals surface area contributed by atoms with Crippen molar-refractivity contribution in [3.63, 3.8) is 0 Å². The van der Waals surface area contributed by atoms with Crippen molar-refractivity contribution < 1.29 is 4.79 Å². The maximum atomic E-state index is 10.5. The number of hydrogen-bond donors (Lipinski definition) is 2. The van der Waals surface area contributed by atoms with Crippen LogP contribution >= 0.6 is 0 Å². The second-order valence-electron chi connectivity index (χ2n) is 3.00. The van der Waals surface area contributed by atoms with E-state index in [0.717, 1.165) is 13.0 Å². The molecule has 0 bridgehead atoms. The molecule has 3 heteroatoms. The van der Waals surface area contributed by atoms with Gasteiger partial charge in [-0.3, -0.25) is 4.79 Å². The average Bonchev–Trinajstić information content (AvgIpc) is 2.15. The Kier molecular flexibility index (Phi) is 2.27. The zero-order valence-corrected chi connectivity index (χ0v) is 6.26. The summed E-state index contributed by atoms with van der Waals surface area (Å²) in [5.74, 6) is 0.402. The Bertz CT molecular complexity index is 136. The zero-order valence-electron chi connectivity index (χ0n) is 6.26. The first kappa shape index (κ1) is 7.54. The summed E-state index contributed by atoms with van der Waals surface area (Å²) >= 11 is 0. The number of carbonyl (C=O) groups is 1. The van der Waals surface area contributed by atoms with Gasteiger partial charge in [-0.1, -0.05) is 6.92 Å². The molecule has 1 saturated heterocycles. The minimum absolute atomic E-state index is 0.203. The van der Waals surface area contributed by atoms with Crippen molar-refractivity contribution >= 4 is 5.91 Å². The molecule has 10 heavy (non-hydrogen) atoms. The van der Waals surface area contributed by atoms with Crippen molar-refractivity contribution in [3.8, 4) is 0 Å². The van der Waals surface area contributed by atoms with Gasteiger partial charge < -0.3 is 11.1 Å². The molecule has 1 heterocycles. The van der Waals surface area contributed by atoms with Crippen LogP contribution in [0.4, 0.5) is 0 Å². The largest absolute Gasteiger partial charge is 0.370 e. The standard InChI is InChI=1S/C7H14N2O/c1-5-2-3-9-6(5)4-7(8)10/h5-6,9H,2-4H2,1H3,(H2,8,10)/t5-,6-/m1/s1. The predicted molar refractivity (Wildman–Crippen MR) is 39.4 cm³/mol. The molecule has 0 aromatic carbocycles. The van der Waals surface area contributed by atoms with E-state index in [0.29, 0.717) is 18.4 Å². The maximum Gasteiger partial charge on any atom is 0.218 e. The fourth-order valence-electron chi connectivity index (χ4n) is 1.39. The fraction of sp³-hybridized carbons (Fsp3) is 0.857. The number of nitrogens with two attached hydrogens (primary N) is 1. The number of rotatable bonds is 2. The van der Waals surface area contributed by atoms with Gasteiger partial charge in [-0.25, -0.2) is 0 Å². The third-order valence-corrected chi connectivity index (χ3v) is 2.11. The Morgan fingerprint density at radius 3 is 2.90 bits per heavy atom. The van der Waals surface area contributed by atoms with E-state index in [-0.39, 0.29) is 5.91 Å². The summed E-state index contributed by atoms with van der Waals surface area (Å²) in [6, 6.07) is 0.331. The lowest BCUT2D eigenvalue weighted by molar-refractivity contribution is -0.118. The fourth-order valence-corrected chi connectivity index (χ4v) is 1.39. The average molecular weight is 142 g/mol. The molecule has 0 unspecified atom stereocenters. The summed E-state index contributed by atoms with van der Waals surface area (Å²) in [6.07, 6.45) is 1.65. The highest BCUT2D eigenvalue weighted by Gasteiger charge is 2.23. The molecule has 3 N–H and O–H groups in total. The molecule has 0 aromatic rings. The highest BCUT2D eigenvalue weighted by Crippen LogP contribution is 2.16. The number of amides is 1. The molecule has 58 valence electrons. The van der Waals surface area contributed by atoms with Gasteiger partial charge in [0.15, 0.2) is 0 Å². The first-order valence-corrected chi connectivity index (χ1v) is 3.72. The van der Waals surface area contributed by atoms with Crippen molar-refractivity contribution in [2.24, 2.45) is 11.7 Å². The van der Waals surface area contributed by atoms with E-state index in [1.807, 2.05) is 0 Å². The van der Waals surface area contributed by atoms with Gasteiger partial charge in [0.05, 0.1) is 0 Å². The van der Waals surface area contributed by atoms with Crippen LogP contribution in [0.15, 0.2) is 0 Å². The summed E-state index contributed by atoms with van der Waals surface area (Å²) in [5, 5.41) is 3.24. The molecule has 1 amide bonds. The van der Waals surface area contributed by atoms with Gasteiger partial charge in [0.25, 0.3) is 0 Å². The highest BCUT2D eigenvalue weighted by atomic mass is 16.1. The van der Waals surface area contributed by atoms with Crippen LogP contribution in [0.25, 0.3) is 0 Å². The molecule has 0 spiro atoms. The second-order valence-corrected chi connectivity index (χ2v) is 3.00. The van der Waals surface area contributed by atoms with E-state index < -0.39 is 0 Å². The third kappa shape index (κ3) is 1.70. The topological polar surface area (TPSA) is 55.1 Å². The van der Waals surface area contributed by atoms with Gasteiger partial charge in [0.1, 0.15) is 0 Å². The van der Waals surface area contributed by atoms with Crippen molar-refractivity contribution in [1.82, 2.24) is 5.32 Å². The Balaban J connectivity index is 2.33. The van der Waals surface area contributed by atoms with Crippen molar-refractivity contribution in [1.29, 1.82) is 0 Å². The number of primary amides is 1. The molecule has 0 saturated carbocycles. The molecule has 1 fully saturated rings. The lowest BCUT2D eigenvalue weighted by atomic mass is 10.0. The van der Waals surface area contributed by atoms with E-state index in [1.165, 1.54) is 0 Å². The lowest BCUT2D eigenvalue weighted by Crippen LogP contribution is -2.31. The van der Waals surface area contributed by atoms with Gasteiger partial charge in [0, 0.05) is 12.5 Å². The molecule has 0 aliphatic carbocycles. The molecular formula is C7H14N2O. The minimum Gasteiger partial charge on any atom is -0.370 e. The van der Waals surface area contributed by atoms with Gasteiger partial charge in [-0.15, -0.1) is 0 Å². The highest BCUT2D eigenvalue weighted by molar-refractivity contribution is 5.74. The normalized spacial score (nSPS) is 32.5. The maximum absolute atomic E-state index is 10.5. The SMILES string of the molecule is C[C@@H]1CCN[C@@H]1CC(N)=O. The van der Waals surface area contributed by atoms with E-state index >= 15 is 0 Å². The molecule has 1 rings (SSSR count). The summed E-state index contributed by atoms with van der Waals surface area (Å²) in [5.41, 5.74) is 5.06. The van der Waals surface area contributed by atoms with Crippen LogP contribution in [0.3, 0.4) is 0 Å². The minimum atomic E-state index is -0.203. The van der Waals surface area contributed by atoms with Gasteiger partial charge >= 0.3 is 0 Å². The molecular weight excluding hydrogens is 128 g/mol. The summed E-state index contributed by atoms with van der Waals surface area (Å²) in [4.78, 5) is 10.5. The monoisotopic (exact) mass is 142 g/mol. The van der Waals surface area contributed by atoms with Gasteiger partial charge in [-0.2, -0.15) is 0 Å². The number of carbonyl (C=O) groups excluding carboxylic acids is 1. The van der Waals surface area contributed by atoms with Gasteiger partial charge in [-0.05, 0) is 18.9 Å². The van der Waals surface area contributed by atoms with Crippen LogP contribution in [0, 0.1) is 5.92 Å². The van der Waals surface area contributed by atoms with Crippen molar-refractivity contribution in [2.75, 3.05) is 6.54 Å². The summed E-state index contributed by atoms with van der Waals surface area (Å²) < 4.78 is 0. The van der Waals surface area contributed by atoms with E-state index in [1.54, 1.807) is 0 Å². The number of nitrogens with one attached hydrogen (secondary N) is 1.